The van der Waals surface area contributed by atoms with Crippen LogP contribution >= 0.6 is 11.8 Å². The molecular formula is C25H30N4O3S2. The summed E-state index contributed by atoms with van der Waals surface area (Å²) in [4.78, 5) is 14.8. The van der Waals surface area contributed by atoms with Crippen LogP contribution in [0, 0.1) is 13.8 Å². The minimum atomic E-state index is -3.06. The standard InChI is InChI=1S/C25H30N4O3S2/c1-4-28(21-12-13-34(31,32)17-21)24(30)16-33-25-27-26-23(15-20-8-6-5-7-9-20)29(25)22-11-10-18(2)14-19(22)3/h5-11,14,21H,4,12-13,15-17H2,1-3H3. The van der Waals surface area contributed by atoms with Crippen LogP contribution in [0.4, 0.5) is 0 Å². The van der Waals surface area contributed by atoms with Crippen LogP contribution in [0.5, 0.6) is 0 Å². The fourth-order valence-electron chi connectivity index (χ4n) is 4.45. The monoisotopic (exact) mass is 498 g/mol. The minimum absolute atomic E-state index is 0.0528. The Balaban J connectivity index is 1.59. The number of nitrogens with zero attached hydrogens (tertiary/aromatic N) is 4. The van der Waals surface area contributed by atoms with Crippen molar-refractivity contribution in [1.29, 1.82) is 0 Å². The van der Waals surface area contributed by atoms with Crippen molar-refractivity contribution in [3.63, 3.8) is 0 Å². The van der Waals surface area contributed by atoms with Crippen LogP contribution in [0.15, 0.2) is 53.7 Å². The summed E-state index contributed by atoms with van der Waals surface area (Å²) in [6.45, 7) is 6.50. The van der Waals surface area contributed by atoms with Gasteiger partial charge < -0.3 is 4.90 Å². The number of thioether (sulfide) groups is 1. The minimum Gasteiger partial charge on any atom is -0.338 e. The van der Waals surface area contributed by atoms with Gasteiger partial charge in [0, 0.05) is 19.0 Å². The SMILES string of the molecule is CCN(C(=O)CSc1nnc(Cc2ccccc2)n1-c1ccc(C)cc1C)C1CCS(=O)(=O)C1. The topological polar surface area (TPSA) is 85.2 Å². The molecule has 0 radical (unpaired) electrons. The van der Waals surface area contributed by atoms with Crippen LogP contribution in [0.25, 0.3) is 5.69 Å². The normalized spacial score (nSPS) is 17.1. The molecule has 0 aliphatic carbocycles. The quantitative estimate of drug-likeness (QED) is 0.441. The molecule has 7 nitrogen and oxygen atoms in total. The lowest BCUT2D eigenvalue weighted by molar-refractivity contribution is -0.129. The predicted octanol–water partition coefficient (Wildman–Crippen LogP) is 3.60. The van der Waals surface area contributed by atoms with Gasteiger partial charge in [0.25, 0.3) is 0 Å². The van der Waals surface area contributed by atoms with Gasteiger partial charge in [0.05, 0.1) is 22.9 Å². The van der Waals surface area contributed by atoms with E-state index in [1.54, 1.807) is 4.90 Å². The third-order valence-corrected chi connectivity index (χ3v) is 8.80. The van der Waals surface area contributed by atoms with Crippen LogP contribution in [-0.2, 0) is 21.1 Å². The maximum absolute atomic E-state index is 13.1. The molecule has 2 aromatic carbocycles. The number of sulfone groups is 1. The lowest BCUT2D eigenvalue weighted by Crippen LogP contribution is -2.42. The Morgan fingerprint density at radius 1 is 1.15 bits per heavy atom. The third-order valence-electron chi connectivity index (χ3n) is 6.13. The van der Waals surface area contributed by atoms with Crippen LogP contribution in [-0.4, -0.2) is 63.8 Å². The summed E-state index contributed by atoms with van der Waals surface area (Å²) in [5.41, 5.74) is 4.40. The first-order valence-corrected chi connectivity index (χ1v) is 14.3. The van der Waals surface area contributed by atoms with Crippen molar-refractivity contribution in [2.75, 3.05) is 23.8 Å². The van der Waals surface area contributed by atoms with Gasteiger partial charge in [-0.25, -0.2) is 8.42 Å². The number of carbonyl (C=O) groups is 1. The molecule has 1 aromatic heterocycles. The van der Waals surface area contributed by atoms with Crippen LogP contribution < -0.4 is 0 Å². The number of aromatic nitrogens is 3. The van der Waals surface area contributed by atoms with Crippen molar-refractivity contribution >= 4 is 27.5 Å². The predicted molar refractivity (Wildman–Crippen MR) is 135 cm³/mol. The summed E-state index contributed by atoms with van der Waals surface area (Å²) in [7, 11) is -3.06. The Bertz CT molecular complexity index is 1270. The fraction of sp³-hybridized carbons (Fsp3) is 0.400. The average Bonchev–Trinajstić information content (AvgIpc) is 3.36. The average molecular weight is 499 g/mol. The van der Waals surface area contributed by atoms with Crippen molar-refractivity contribution in [3.8, 4) is 5.69 Å². The van der Waals surface area contributed by atoms with Gasteiger partial charge in [0.2, 0.25) is 5.91 Å². The van der Waals surface area contributed by atoms with Crippen molar-refractivity contribution in [3.05, 3.63) is 71.0 Å². The number of hydrogen-bond acceptors (Lipinski definition) is 6. The Morgan fingerprint density at radius 3 is 2.56 bits per heavy atom. The van der Waals surface area contributed by atoms with Gasteiger partial charge in [0.15, 0.2) is 15.0 Å². The zero-order chi connectivity index (χ0) is 24.3. The van der Waals surface area contributed by atoms with E-state index in [1.165, 1.54) is 17.3 Å². The Labute approximate surface area is 205 Å². The second-order valence-electron chi connectivity index (χ2n) is 8.71. The molecule has 34 heavy (non-hydrogen) atoms. The molecule has 3 aromatic rings. The first kappa shape index (κ1) is 24.5. The number of benzene rings is 2. The van der Waals surface area contributed by atoms with E-state index in [-0.39, 0.29) is 29.2 Å². The smallest absolute Gasteiger partial charge is 0.233 e. The third kappa shape index (κ3) is 5.52. The molecule has 180 valence electrons. The summed E-state index contributed by atoms with van der Waals surface area (Å²) in [6.07, 6.45) is 1.13. The Morgan fingerprint density at radius 2 is 1.91 bits per heavy atom. The summed E-state index contributed by atoms with van der Waals surface area (Å²) < 4.78 is 25.9. The van der Waals surface area contributed by atoms with Crippen LogP contribution in [0.3, 0.4) is 0 Å². The highest BCUT2D eigenvalue weighted by molar-refractivity contribution is 7.99. The summed E-state index contributed by atoms with van der Waals surface area (Å²) in [5, 5.41) is 9.57. The summed E-state index contributed by atoms with van der Waals surface area (Å²) >= 11 is 1.35. The molecule has 1 fully saturated rings. The van der Waals surface area contributed by atoms with Crippen LogP contribution in [0.1, 0.15) is 35.9 Å². The molecule has 9 heteroatoms. The van der Waals surface area contributed by atoms with Gasteiger partial charge in [-0.3, -0.25) is 9.36 Å². The van der Waals surface area contributed by atoms with Crippen molar-refractivity contribution in [2.45, 2.75) is 44.8 Å². The summed E-state index contributed by atoms with van der Waals surface area (Å²) in [5.74, 6) is 1.12. The first-order chi connectivity index (χ1) is 16.3. The van der Waals surface area contributed by atoms with Crippen molar-refractivity contribution in [2.24, 2.45) is 0 Å². The van der Waals surface area contributed by atoms with Crippen LogP contribution in [0.2, 0.25) is 0 Å². The van der Waals surface area contributed by atoms with Gasteiger partial charge >= 0.3 is 0 Å². The molecule has 1 amide bonds. The van der Waals surface area contributed by atoms with E-state index >= 15 is 0 Å². The Hall–Kier alpha value is -2.65. The van der Waals surface area contributed by atoms with E-state index in [2.05, 4.69) is 54.4 Å². The van der Waals surface area contributed by atoms with Gasteiger partial charge in [-0.15, -0.1) is 10.2 Å². The van der Waals surface area contributed by atoms with E-state index in [0.29, 0.717) is 24.5 Å². The van der Waals surface area contributed by atoms with Crippen molar-refractivity contribution in [1.82, 2.24) is 19.7 Å². The second-order valence-corrected chi connectivity index (χ2v) is 11.9. The molecule has 0 N–H and O–H groups in total. The van der Waals surface area contributed by atoms with E-state index in [1.807, 2.05) is 29.7 Å². The maximum atomic E-state index is 13.1. The number of hydrogen-bond donors (Lipinski definition) is 0. The number of rotatable bonds is 8. The fourth-order valence-corrected chi connectivity index (χ4v) is 7.03. The number of carbonyl (C=O) groups excluding carboxylic acids is 1. The van der Waals surface area contributed by atoms with E-state index in [4.69, 9.17) is 0 Å². The first-order valence-electron chi connectivity index (χ1n) is 11.5. The van der Waals surface area contributed by atoms with Gasteiger partial charge in [-0.1, -0.05) is 59.8 Å². The van der Waals surface area contributed by atoms with Gasteiger partial charge in [-0.2, -0.15) is 0 Å². The van der Waals surface area contributed by atoms with Gasteiger partial charge in [-0.05, 0) is 44.4 Å². The molecule has 1 aliphatic heterocycles. The Kier molecular flexibility index (Phi) is 7.42. The highest BCUT2D eigenvalue weighted by Crippen LogP contribution is 2.27. The molecular weight excluding hydrogens is 468 g/mol. The zero-order valence-corrected chi connectivity index (χ0v) is 21.4. The highest BCUT2D eigenvalue weighted by Gasteiger charge is 2.34. The zero-order valence-electron chi connectivity index (χ0n) is 19.8. The largest absolute Gasteiger partial charge is 0.338 e. The highest BCUT2D eigenvalue weighted by atomic mass is 32.2. The number of amides is 1. The van der Waals surface area contributed by atoms with E-state index in [9.17, 15) is 13.2 Å². The molecule has 4 rings (SSSR count). The second kappa shape index (κ2) is 10.3. The lowest BCUT2D eigenvalue weighted by Gasteiger charge is -2.26. The molecule has 1 unspecified atom stereocenters. The summed E-state index contributed by atoms with van der Waals surface area (Å²) in [6, 6.07) is 16.1. The maximum Gasteiger partial charge on any atom is 0.233 e. The molecule has 1 atom stereocenters. The molecule has 0 bridgehead atoms. The van der Waals surface area contributed by atoms with E-state index in [0.717, 1.165) is 22.6 Å². The molecule has 1 saturated heterocycles. The molecule has 0 spiro atoms. The van der Waals surface area contributed by atoms with Crippen molar-refractivity contribution < 1.29 is 13.2 Å². The number of aryl methyl sites for hydroxylation is 2. The molecule has 2 heterocycles. The lowest BCUT2D eigenvalue weighted by atomic mass is 10.1. The van der Waals surface area contributed by atoms with Gasteiger partial charge in [0.1, 0.15) is 5.82 Å². The van der Waals surface area contributed by atoms with E-state index < -0.39 is 9.84 Å². The molecule has 0 saturated carbocycles. The molecule has 1 aliphatic rings.